The van der Waals surface area contributed by atoms with E-state index in [1.54, 1.807) is 24.3 Å². The summed E-state index contributed by atoms with van der Waals surface area (Å²) in [6, 6.07) is 13.6. The first-order valence-electron chi connectivity index (χ1n) is 9.77. The van der Waals surface area contributed by atoms with Gasteiger partial charge in [-0.3, -0.25) is 4.79 Å². The maximum absolute atomic E-state index is 13.8. The molecule has 0 aliphatic carbocycles. The molecule has 6 nitrogen and oxygen atoms in total. The van der Waals surface area contributed by atoms with Crippen molar-refractivity contribution in [3.63, 3.8) is 0 Å². The number of hydrogen-bond acceptors (Lipinski definition) is 5. The second-order valence-electron chi connectivity index (χ2n) is 7.23. The van der Waals surface area contributed by atoms with E-state index in [1.807, 2.05) is 0 Å². The Kier molecular flexibility index (Phi) is 5.99. The maximum atomic E-state index is 13.8. The van der Waals surface area contributed by atoms with Gasteiger partial charge in [0.1, 0.15) is 23.3 Å². The number of H-pyrrole nitrogens is 1. The summed E-state index contributed by atoms with van der Waals surface area (Å²) in [5.74, 6) is -6.50. The zero-order valence-electron chi connectivity index (χ0n) is 16.9. The van der Waals surface area contributed by atoms with Gasteiger partial charge >= 0.3 is 0 Å². The monoisotopic (exact) mass is 454 g/mol. The fourth-order valence-corrected chi connectivity index (χ4v) is 3.37. The first-order chi connectivity index (χ1) is 15.8. The Morgan fingerprint density at radius 1 is 0.970 bits per heavy atom. The molecule has 1 unspecified atom stereocenters. The van der Waals surface area contributed by atoms with Crippen molar-refractivity contribution in [3.05, 3.63) is 101 Å². The van der Waals surface area contributed by atoms with Gasteiger partial charge in [0.25, 0.3) is 0 Å². The van der Waals surface area contributed by atoms with Crippen molar-refractivity contribution < 1.29 is 33.3 Å². The number of benzene rings is 3. The number of aromatic amines is 1. The second kappa shape index (κ2) is 8.89. The normalized spacial score (nSPS) is 13.1. The van der Waals surface area contributed by atoms with Crippen LogP contribution >= 0.6 is 0 Å². The van der Waals surface area contributed by atoms with E-state index in [9.17, 15) is 33.3 Å². The number of halogens is 3. The summed E-state index contributed by atoms with van der Waals surface area (Å²) in [4.78, 5) is 20.6. The molecule has 4 aromatic rings. The molecule has 1 aromatic heterocycles. The van der Waals surface area contributed by atoms with Crippen molar-refractivity contribution >= 4 is 28.1 Å². The van der Waals surface area contributed by atoms with Gasteiger partial charge in [-0.05, 0) is 35.9 Å². The molecule has 0 amide bonds. The second-order valence-corrected chi connectivity index (χ2v) is 7.23. The highest BCUT2D eigenvalue weighted by molar-refractivity contribution is 6.33. The fourth-order valence-electron chi connectivity index (χ4n) is 3.37. The number of fused-ring (bicyclic) bond motifs is 1. The third-order valence-corrected chi connectivity index (χ3v) is 5.05. The van der Waals surface area contributed by atoms with Gasteiger partial charge in [-0.25, -0.2) is 18.2 Å². The molecule has 9 heteroatoms. The summed E-state index contributed by atoms with van der Waals surface area (Å²) in [6.07, 6.45) is -1.25. The van der Waals surface area contributed by atoms with Crippen molar-refractivity contribution in [1.82, 2.24) is 9.97 Å². The van der Waals surface area contributed by atoms with E-state index in [-0.39, 0.29) is 17.0 Å². The van der Waals surface area contributed by atoms with E-state index in [0.29, 0.717) is 23.2 Å². The third-order valence-electron chi connectivity index (χ3n) is 5.05. The lowest BCUT2D eigenvalue weighted by Gasteiger charge is -2.12. The van der Waals surface area contributed by atoms with E-state index in [4.69, 9.17) is 0 Å². The molecule has 4 rings (SSSR count). The minimum Gasteiger partial charge on any atom is -0.506 e. The van der Waals surface area contributed by atoms with Crippen LogP contribution in [0.15, 0.2) is 60.7 Å². The summed E-state index contributed by atoms with van der Waals surface area (Å²) < 4.78 is 41.1. The molecule has 33 heavy (non-hydrogen) atoms. The molecular weight excluding hydrogens is 437 g/mol. The number of imidazole rings is 1. The number of nitrogens with one attached hydrogen (secondary N) is 1. The lowest BCUT2D eigenvalue weighted by atomic mass is 9.96. The van der Waals surface area contributed by atoms with Crippen molar-refractivity contribution in [2.24, 2.45) is 0 Å². The van der Waals surface area contributed by atoms with Crippen LogP contribution in [0.25, 0.3) is 22.4 Å². The summed E-state index contributed by atoms with van der Waals surface area (Å²) >= 11 is 0. The number of ketones is 1. The fraction of sp³-hybridized carbons (Fsp3) is 0.0833. The predicted octanol–water partition coefficient (Wildman–Crippen LogP) is 4.32. The number of rotatable bonds is 6. The van der Waals surface area contributed by atoms with Crippen LogP contribution in [0.3, 0.4) is 0 Å². The number of nitrogens with zero attached hydrogens (tertiary/aromatic N) is 1. The van der Waals surface area contributed by atoms with Gasteiger partial charge in [0.15, 0.2) is 17.5 Å². The van der Waals surface area contributed by atoms with Crippen LogP contribution < -0.4 is 0 Å². The molecule has 1 atom stereocenters. The molecule has 168 valence electrons. The molecule has 0 bridgehead atoms. The molecule has 0 saturated carbocycles. The molecule has 0 radical (unpaired) electrons. The minimum atomic E-state index is -1.71. The van der Waals surface area contributed by atoms with Crippen molar-refractivity contribution in [2.75, 3.05) is 6.61 Å². The van der Waals surface area contributed by atoms with Crippen LogP contribution in [0.4, 0.5) is 13.2 Å². The Labute approximate surface area is 185 Å². The number of aromatic nitrogens is 2. The van der Waals surface area contributed by atoms with Crippen LogP contribution in [0.1, 0.15) is 33.4 Å². The SMILES string of the molecule is O=C(/C(=C(\O)c1cc(F)c(F)c(F)c1)c1nc2ccccc2[nH]1)c1cccc(C(O)CO)c1. The molecule has 1 heterocycles. The number of para-hydroxylation sites is 2. The first kappa shape index (κ1) is 22.3. The average molecular weight is 454 g/mol. The van der Waals surface area contributed by atoms with Crippen LogP contribution in [-0.4, -0.2) is 37.7 Å². The highest BCUT2D eigenvalue weighted by atomic mass is 19.2. The Morgan fingerprint density at radius 3 is 2.33 bits per heavy atom. The van der Waals surface area contributed by atoms with Gasteiger partial charge in [-0.1, -0.05) is 30.3 Å². The van der Waals surface area contributed by atoms with Crippen LogP contribution in [0.5, 0.6) is 0 Å². The molecule has 0 spiro atoms. The summed E-state index contributed by atoms with van der Waals surface area (Å²) in [6.45, 7) is -0.580. The van der Waals surface area contributed by atoms with E-state index in [2.05, 4.69) is 9.97 Å². The number of carbonyl (C=O) groups is 1. The minimum absolute atomic E-state index is 0.00469. The number of aliphatic hydroxyl groups excluding tert-OH is 3. The van der Waals surface area contributed by atoms with E-state index < -0.39 is 52.8 Å². The van der Waals surface area contributed by atoms with Crippen molar-refractivity contribution in [2.45, 2.75) is 6.10 Å². The van der Waals surface area contributed by atoms with Crippen LogP contribution in [0.2, 0.25) is 0 Å². The predicted molar refractivity (Wildman–Crippen MR) is 115 cm³/mol. The third kappa shape index (κ3) is 4.23. The standard InChI is InChI=1S/C24H17F3N2O4/c25-15-9-14(10-16(26)21(15)27)23(33)20(24-28-17-6-1-2-7-18(17)29-24)22(32)13-5-3-4-12(8-13)19(31)11-30/h1-10,19,30-31,33H,11H2,(H,28,29)/b23-20+. The lowest BCUT2D eigenvalue weighted by molar-refractivity contribution is 0.0953. The average Bonchev–Trinajstić information content (AvgIpc) is 3.25. The zero-order chi connectivity index (χ0) is 23.7. The van der Waals surface area contributed by atoms with Gasteiger partial charge in [-0.15, -0.1) is 0 Å². The number of aliphatic hydroxyl groups is 3. The van der Waals surface area contributed by atoms with E-state index >= 15 is 0 Å². The molecule has 0 fully saturated rings. The molecule has 0 aliphatic heterocycles. The largest absolute Gasteiger partial charge is 0.506 e. The molecule has 4 N–H and O–H groups in total. The van der Waals surface area contributed by atoms with Gasteiger partial charge in [0.05, 0.1) is 17.6 Å². The Morgan fingerprint density at radius 2 is 1.67 bits per heavy atom. The number of hydrogen-bond donors (Lipinski definition) is 4. The first-order valence-corrected chi connectivity index (χ1v) is 9.77. The molecule has 0 aliphatic rings. The van der Waals surface area contributed by atoms with Gasteiger partial charge in [0, 0.05) is 11.1 Å². The summed E-state index contributed by atoms with van der Waals surface area (Å²) in [5, 5.41) is 30.0. The quantitative estimate of drug-likeness (QED) is 0.150. The van der Waals surface area contributed by atoms with Crippen LogP contribution in [-0.2, 0) is 0 Å². The topological polar surface area (TPSA) is 106 Å². The Hall–Kier alpha value is -3.95. The number of Topliss-reactive ketones (excluding diaryl/α,β-unsaturated/α-hetero) is 1. The lowest BCUT2D eigenvalue weighted by Crippen LogP contribution is -2.10. The van der Waals surface area contributed by atoms with E-state index in [0.717, 1.165) is 0 Å². The Bertz CT molecular complexity index is 1340. The number of allylic oxidation sites excluding steroid dienone is 1. The Balaban J connectivity index is 1.93. The highest BCUT2D eigenvalue weighted by Crippen LogP contribution is 2.30. The van der Waals surface area contributed by atoms with Crippen molar-refractivity contribution in [3.8, 4) is 0 Å². The molecule has 3 aromatic carbocycles. The smallest absolute Gasteiger partial charge is 0.200 e. The maximum Gasteiger partial charge on any atom is 0.200 e. The van der Waals surface area contributed by atoms with E-state index in [1.165, 1.54) is 24.3 Å². The highest BCUT2D eigenvalue weighted by Gasteiger charge is 2.25. The van der Waals surface area contributed by atoms with Gasteiger partial charge in [0.2, 0.25) is 5.78 Å². The molecule has 0 saturated heterocycles. The summed E-state index contributed by atoms with van der Waals surface area (Å²) in [7, 11) is 0. The summed E-state index contributed by atoms with van der Waals surface area (Å²) in [5.41, 5.74) is 0.350. The van der Waals surface area contributed by atoms with Crippen LogP contribution in [0, 0.1) is 17.5 Å². The molecular formula is C24H17F3N2O4. The van der Waals surface area contributed by atoms with Gasteiger partial charge < -0.3 is 20.3 Å². The zero-order valence-corrected chi connectivity index (χ0v) is 16.9. The van der Waals surface area contributed by atoms with Crippen molar-refractivity contribution in [1.29, 1.82) is 0 Å². The van der Waals surface area contributed by atoms with Gasteiger partial charge in [-0.2, -0.15) is 0 Å². The number of carbonyl (C=O) groups excluding carboxylic acids is 1.